The minimum Gasteiger partial charge on any atom is -0.497 e. The van der Waals surface area contributed by atoms with E-state index in [1.54, 1.807) is 7.11 Å². The molecule has 1 fully saturated rings. The maximum absolute atomic E-state index is 5.88. The zero-order valence-corrected chi connectivity index (χ0v) is 20.5. The van der Waals surface area contributed by atoms with Gasteiger partial charge >= 0.3 is 0 Å². The predicted octanol–water partition coefficient (Wildman–Crippen LogP) is 5.83. The summed E-state index contributed by atoms with van der Waals surface area (Å²) in [5.41, 5.74) is 4.91. The summed E-state index contributed by atoms with van der Waals surface area (Å²) in [5.74, 6) is 1.67. The molecule has 4 nitrogen and oxygen atoms in total. The van der Waals surface area contributed by atoms with Gasteiger partial charge in [0.05, 0.1) is 12.6 Å². The van der Waals surface area contributed by atoms with Crippen molar-refractivity contribution in [3.63, 3.8) is 0 Å². The SMILES string of the molecule is COc1cccc(C2(c3ccc(C4=NC(C)(C)CO4)cc3)CCN(Cc3ccccc3)CC2)c1. The number of piperidine rings is 1. The Bertz CT molecular complexity index is 1140. The van der Waals surface area contributed by atoms with Crippen LogP contribution in [0.15, 0.2) is 83.9 Å². The van der Waals surface area contributed by atoms with E-state index < -0.39 is 0 Å². The van der Waals surface area contributed by atoms with Gasteiger partial charge in [-0.2, -0.15) is 0 Å². The molecule has 2 heterocycles. The van der Waals surface area contributed by atoms with Crippen LogP contribution in [0.5, 0.6) is 5.75 Å². The van der Waals surface area contributed by atoms with Crippen LogP contribution < -0.4 is 4.74 Å². The highest BCUT2D eigenvalue weighted by molar-refractivity contribution is 5.95. The number of methoxy groups -OCH3 is 1. The summed E-state index contributed by atoms with van der Waals surface area (Å²) in [5, 5.41) is 0. The number of hydrogen-bond acceptors (Lipinski definition) is 4. The smallest absolute Gasteiger partial charge is 0.216 e. The molecule has 1 saturated heterocycles. The van der Waals surface area contributed by atoms with Crippen molar-refractivity contribution in [1.29, 1.82) is 0 Å². The highest BCUT2D eigenvalue weighted by Gasteiger charge is 2.38. The second-order valence-corrected chi connectivity index (χ2v) is 10.2. The Morgan fingerprint density at radius 2 is 1.62 bits per heavy atom. The Morgan fingerprint density at radius 1 is 0.882 bits per heavy atom. The number of rotatable bonds is 6. The van der Waals surface area contributed by atoms with Crippen LogP contribution >= 0.6 is 0 Å². The Labute approximate surface area is 203 Å². The Morgan fingerprint density at radius 3 is 2.26 bits per heavy atom. The van der Waals surface area contributed by atoms with Gasteiger partial charge in [-0.25, -0.2) is 4.99 Å². The first kappa shape index (κ1) is 22.7. The molecule has 3 aromatic rings. The average Bonchev–Trinajstić information content (AvgIpc) is 3.25. The molecule has 0 saturated carbocycles. The molecule has 0 bridgehead atoms. The number of hydrogen-bond donors (Lipinski definition) is 0. The van der Waals surface area contributed by atoms with Crippen molar-refractivity contribution in [2.45, 2.75) is 44.2 Å². The van der Waals surface area contributed by atoms with E-state index in [9.17, 15) is 0 Å². The van der Waals surface area contributed by atoms with Gasteiger partial charge in [0.1, 0.15) is 12.4 Å². The molecular formula is C30H34N2O2. The molecule has 5 rings (SSSR count). The van der Waals surface area contributed by atoms with E-state index in [2.05, 4.69) is 91.5 Å². The summed E-state index contributed by atoms with van der Waals surface area (Å²) >= 11 is 0. The zero-order valence-electron chi connectivity index (χ0n) is 20.5. The van der Waals surface area contributed by atoms with E-state index in [-0.39, 0.29) is 11.0 Å². The van der Waals surface area contributed by atoms with Gasteiger partial charge in [0.25, 0.3) is 0 Å². The van der Waals surface area contributed by atoms with Crippen LogP contribution in [0, 0.1) is 0 Å². The van der Waals surface area contributed by atoms with Crippen LogP contribution in [-0.4, -0.2) is 43.1 Å². The van der Waals surface area contributed by atoms with Crippen LogP contribution in [0.4, 0.5) is 0 Å². The van der Waals surface area contributed by atoms with Crippen LogP contribution in [0.2, 0.25) is 0 Å². The first-order valence-electron chi connectivity index (χ1n) is 12.2. The fourth-order valence-corrected chi connectivity index (χ4v) is 5.26. The molecule has 0 unspecified atom stereocenters. The van der Waals surface area contributed by atoms with E-state index in [1.807, 2.05) is 6.07 Å². The molecule has 3 aromatic carbocycles. The lowest BCUT2D eigenvalue weighted by Crippen LogP contribution is -2.43. The quantitative estimate of drug-likeness (QED) is 0.470. The third-order valence-corrected chi connectivity index (χ3v) is 7.23. The molecule has 0 amide bonds. The fourth-order valence-electron chi connectivity index (χ4n) is 5.26. The van der Waals surface area contributed by atoms with Crippen LogP contribution in [-0.2, 0) is 16.7 Å². The Balaban J connectivity index is 1.44. The number of ether oxygens (including phenoxy) is 2. The number of likely N-dealkylation sites (tertiary alicyclic amines) is 1. The monoisotopic (exact) mass is 454 g/mol. The minimum atomic E-state index is -0.151. The molecule has 2 aliphatic heterocycles. The second-order valence-electron chi connectivity index (χ2n) is 10.2. The van der Waals surface area contributed by atoms with Gasteiger partial charge in [0, 0.05) is 17.5 Å². The highest BCUT2D eigenvalue weighted by atomic mass is 16.5. The summed E-state index contributed by atoms with van der Waals surface area (Å²) in [6.45, 7) is 7.95. The summed E-state index contributed by atoms with van der Waals surface area (Å²) in [7, 11) is 1.74. The summed E-state index contributed by atoms with van der Waals surface area (Å²) in [4.78, 5) is 7.33. The maximum atomic E-state index is 5.88. The lowest BCUT2D eigenvalue weighted by molar-refractivity contribution is 0.172. The largest absolute Gasteiger partial charge is 0.497 e. The van der Waals surface area contributed by atoms with E-state index in [0.29, 0.717) is 6.61 Å². The lowest BCUT2D eigenvalue weighted by Gasteiger charge is -2.43. The summed E-state index contributed by atoms with van der Waals surface area (Å²) in [6.07, 6.45) is 2.13. The normalized spacial score (nSPS) is 19.3. The standard InChI is InChI=1S/C30H34N2O2/c1-29(2)22-34-28(31-29)24-12-14-25(15-13-24)30(26-10-7-11-27(20-26)33-3)16-18-32(19-17-30)21-23-8-5-4-6-9-23/h4-15,20H,16-19,21-22H2,1-3H3. The molecule has 34 heavy (non-hydrogen) atoms. The topological polar surface area (TPSA) is 34.1 Å². The van der Waals surface area contributed by atoms with Crippen LogP contribution in [0.3, 0.4) is 0 Å². The maximum Gasteiger partial charge on any atom is 0.216 e. The van der Waals surface area contributed by atoms with Crippen molar-refractivity contribution in [3.05, 3.63) is 101 Å². The Kier molecular flexibility index (Phi) is 6.18. The third-order valence-electron chi connectivity index (χ3n) is 7.23. The van der Waals surface area contributed by atoms with Gasteiger partial charge < -0.3 is 9.47 Å². The van der Waals surface area contributed by atoms with Gasteiger partial charge in [-0.3, -0.25) is 4.90 Å². The van der Waals surface area contributed by atoms with E-state index in [1.165, 1.54) is 16.7 Å². The summed E-state index contributed by atoms with van der Waals surface area (Å²) < 4.78 is 11.5. The predicted molar refractivity (Wildman–Crippen MR) is 138 cm³/mol. The Hall–Kier alpha value is -3.11. The molecule has 2 aliphatic rings. The van der Waals surface area contributed by atoms with Gasteiger partial charge in [0.15, 0.2) is 0 Å². The zero-order chi connectivity index (χ0) is 23.6. The van der Waals surface area contributed by atoms with E-state index in [0.717, 1.165) is 49.7 Å². The van der Waals surface area contributed by atoms with E-state index >= 15 is 0 Å². The molecule has 0 aliphatic carbocycles. The molecule has 0 spiro atoms. The second kappa shape index (κ2) is 9.27. The van der Waals surface area contributed by atoms with Crippen LogP contribution in [0.25, 0.3) is 0 Å². The van der Waals surface area contributed by atoms with Crippen molar-refractivity contribution in [2.24, 2.45) is 4.99 Å². The molecule has 0 radical (unpaired) electrons. The van der Waals surface area contributed by atoms with Crippen molar-refractivity contribution >= 4 is 5.90 Å². The number of aliphatic imine (C=N–C) groups is 1. The average molecular weight is 455 g/mol. The number of benzene rings is 3. The molecule has 4 heteroatoms. The fraction of sp³-hybridized carbons (Fsp3) is 0.367. The molecule has 176 valence electrons. The van der Waals surface area contributed by atoms with Crippen molar-refractivity contribution in [2.75, 3.05) is 26.8 Å². The highest BCUT2D eigenvalue weighted by Crippen LogP contribution is 2.43. The van der Waals surface area contributed by atoms with E-state index in [4.69, 9.17) is 14.5 Å². The summed E-state index contributed by atoms with van der Waals surface area (Å²) in [6, 6.07) is 28.3. The van der Waals surface area contributed by atoms with Gasteiger partial charge in [-0.1, -0.05) is 54.6 Å². The van der Waals surface area contributed by atoms with Crippen molar-refractivity contribution in [1.82, 2.24) is 4.90 Å². The van der Waals surface area contributed by atoms with Gasteiger partial charge in [-0.05, 0) is 80.7 Å². The molecular weight excluding hydrogens is 420 g/mol. The molecule has 0 atom stereocenters. The van der Waals surface area contributed by atoms with Crippen molar-refractivity contribution in [3.8, 4) is 5.75 Å². The van der Waals surface area contributed by atoms with Crippen LogP contribution in [0.1, 0.15) is 48.9 Å². The molecule has 0 aromatic heterocycles. The number of nitrogens with zero attached hydrogens (tertiary/aromatic N) is 2. The first-order chi connectivity index (χ1) is 16.5. The van der Waals surface area contributed by atoms with Crippen molar-refractivity contribution < 1.29 is 9.47 Å². The lowest BCUT2D eigenvalue weighted by atomic mass is 9.68. The minimum absolute atomic E-state index is 0.0438. The molecule has 0 N–H and O–H groups in total. The van der Waals surface area contributed by atoms with Gasteiger partial charge in [0.2, 0.25) is 5.90 Å². The third kappa shape index (κ3) is 4.60. The van der Waals surface area contributed by atoms with Gasteiger partial charge in [-0.15, -0.1) is 0 Å². The first-order valence-corrected chi connectivity index (χ1v) is 12.2.